The highest BCUT2D eigenvalue weighted by atomic mass is 15.1. The van der Waals surface area contributed by atoms with Crippen LogP contribution in [0.2, 0.25) is 0 Å². The minimum Gasteiger partial charge on any atom is -0.326 e. The van der Waals surface area contributed by atoms with Gasteiger partial charge in [-0.25, -0.2) is 0 Å². The molecule has 1 atom stereocenters. The zero-order chi connectivity index (χ0) is 9.19. The summed E-state index contributed by atoms with van der Waals surface area (Å²) in [5.41, 5.74) is 5.96. The molecule has 1 heterocycles. The molecule has 2 heteroatoms. The molecule has 0 bridgehead atoms. The minimum absolute atomic E-state index is 0.0289. The molecule has 1 saturated heterocycles. The van der Waals surface area contributed by atoms with Crippen LogP contribution in [0.3, 0.4) is 0 Å². The summed E-state index contributed by atoms with van der Waals surface area (Å²) >= 11 is 0. The molecule has 0 aliphatic carbocycles. The van der Waals surface area contributed by atoms with Crippen molar-refractivity contribution < 1.29 is 0 Å². The zero-order valence-electron chi connectivity index (χ0n) is 8.64. The molecule has 0 aromatic rings. The predicted molar refractivity (Wildman–Crippen MR) is 53.1 cm³/mol. The summed E-state index contributed by atoms with van der Waals surface area (Å²) in [6.07, 6.45) is 3.83. The maximum Gasteiger partial charge on any atom is 0.00971 e. The number of nitrogens with zero attached hydrogens (tertiary/aromatic N) is 1. The van der Waals surface area contributed by atoms with Crippen molar-refractivity contribution in [2.45, 2.75) is 38.6 Å². The SMILES string of the molecule is CN1CCC(CCC(C)(C)N)C1. The Bertz CT molecular complexity index is 137. The maximum atomic E-state index is 5.93. The fourth-order valence-corrected chi connectivity index (χ4v) is 1.84. The first kappa shape index (κ1) is 10.0. The summed E-state index contributed by atoms with van der Waals surface area (Å²) in [5, 5.41) is 0. The third-order valence-corrected chi connectivity index (χ3v) is 2.69. The third kappa shape index (κ3) is 3.55. The van der Waals surface area contributed by atoms with Gasteiger partial charge < -0.3 is 10.6 Å². The van der Waals surface area contributed by atoms with E-state index in [9.17, 15) is 0 Å². The van der Waals surface area contributed by atoms with E-state index in [1.165, 1.54) is 25.9 Å². The van der Waals surface area contributed by atoms with Crippen LogP contribution in [0.4, 0.5) is 0 Å². The van der Waals surface area contributed by atoms with Gasteiger partial charge in [-0.05, 0) is 52.6 Å². The lowest BCUT2D eigenvalue weighted by Crippen LogP contribution is -2.32. The van der Waals surface area contributed by atoms with Gasteiger partial charge in [-0.1, -0.05) is 0 Å². The fourth-order valence-electron chi connectivity index (χ4n) is 1.84. The molecule has 0 aromatic heterocycles. The lowest BCUT2D eigenvalue weighted by molar-refractivity contribution is 0.359. The van der Waals surface area contributed by atoms with Crippen molar-refractivity contribution in [2.75, 3.05) is 20.1 Å². The van der Waals surface area contributed by atoms with E-state index < -0.39 is 0 Å². The summed E-state index contributed by atoms with van der Waals surface area (Å²) in [7, 11) is 2.20. The Morgan fingerprint density at radius 1 is 1.50 bits per heavy atom. The summed E-state index contributed by atoms with van der Waals surface area (Å²) in [6, 6.07) is 0. The number of hydrogen-bond acceptors (Lipinski definition) is 2. The maximum absolute atomic E-state index is 5.93. The number of hydrogen-bond donors (Lipinski definition) is 1. The highest BCUT2D eigenvalue weighted by Crippen LogP contribution is 2.22. The fraction of sp³-hybridized carbons (Fsp3) is 1.00. The van der Waals surface area contributed by atoms with Crippen LogP contribution in [0.5, 0.6) is 0 Å². The lowest BCUT2D eigenvalue weighted by atomic mass is 9.93. The van der Waals surface area contributed by atoms with Crippen LogP contribution in [0.25, 0.3) is 0 Å². The van der Waals surface area contributed by atoms with E-state index in [0.717, 1.165) is 12.3 Å². The van der Waals surface area contributed by atoms with E-state index in [2.05, 4.69) is 25.8 Å². The standard InChI is InChI=1S/C10H22N2/c1-10(2,11)6-4-9-5-7-12(3)8-9/h9H,4-8,11H2,1-3H3. The van der Waals surface area contributed by atoms with Gasteiger partial charge in [-0.15, -0.1) is 0 Å². The molecule has 0 radical (unpaired) electrons. The van der Waals surface area contributed by atoms with Crippen LogP contribution in [-0.4, -0.2) is 30.6 Å². The molecule has 0 aromatic carbocycles. The second-order valence-electron chi connectivity index (χ2n) is 4.94. The van der Waals surface area contributed by atoms with Crippen LogP contribution < -0.4 is 5.73 Å². The van der Waals surface area contributed by atoms with Gasteiger partial charge in [0.05, 0.1) is 0 Å². The molecule has 0 spiro atoms. The van der Waals surface area contributed by atoms with Gasteiger partial charge in [0, 0.05) is 12.1 Å². The van der Waals surface area contributed by atoms with E-state index in [0.29, 0.717) is 0 Å². The first-order valence-electron chi connectivity index (χ1n) is 4.95. The smallest absolute Gasteiger partial charge is 0.00971 e. The topological polar surface area (TPSA) is 29.3 Å². The first-order valence-corrected chi connectivity index (χ1v) is 4.95. The molecule has 0 saturated carbocycles. The van der Waals surface area contributed by atoms with Gasteiger partial charge in [-0.3, -0.25) is 0 Å². The second-order valence-corrected chi connectivity index (χ2v) is 4.94. The van der Waals surface area contributed by atoms with E-state index >= 15 is 0 Å². The van der Waals surface area contributed by atoms with Crippen LogP contribution >= 0.6 is 0 Å². The number of rotatable bonds is 3. The van der Waals surface area contributed by atoms with Gasteiger partial charge in [0.2, 0.25) is 0 Å². The molecule has 0 amide bonds. The van der Waals surface area contributed by atoms with Gasteiger partial charge in [0.15, 0.2) is 0 Å². The van der Waals surface area contributed by atoms with E-state index in [1.54, 1.807) is 0 Å². The van der Waals surface area contributed by atoms with E-state index in [1.807, 2.05) is 0 Å². The average Bonchev–Trinajstić information content (AvgIpc) is 2.30. The van der Waals surface area contributed by atoms with Crippen LogP contribution in [0.1, 0.15) is 33.1 Å². The summed E-state index contributed by atoms with van der Waals surface area (Å²) < 4.78 is 0. The normalized spacial score (nSPS) is 26.5. The Labute approximate surface area is 76.1 Å². The Balaban J connectivity index is 2.16. The Hall–Kier alpha value is -0.0800. The van der Waals surface area contributed by atoms with Crippen molar-refractivity contribution in [1.82, 2.24) is 4.90 Å². The molecular weight excluding hydrogens is 148 g/mol. The Morgan fingerprint density at radius 2 is 2.17 bits per heavy atom. The number of nitrogens with two attached hydrogens (primary N) is 1. The monoisotopic (exact) mass is 170 g/mol. The largest absolute Gasteiger partial charge is 0.326 e. The lowest BCUT2D eigenvalue weighted by Gasteiger charge is -2.20. The predicted octanol–water partition coefficient (Wildman–Crippen LogP) is 1.46. The Morgan fingerprint density at radius 3 is 2.58 bits per heavy atom. The van der Waals surface area contributed by atoms with Crippen molar-refractivity contribution in [2.24, 2.45) is 11.7 Å². The number of likely N-dealkylation sites (tertiary alicyclic amines) is 1. The molecule has 1 unspecified atom stereocenters. The molecule has 1 fully saturated rings. The van der Waals surface area contributed by atoms with E-state index in [-0.39, 0.29) is 5.54 Å². The molecule has 72 valence electrons. The molecule has 2 N–H and O–H groups in total. The zero-order valence-corrected chi connectivity index (χ0v) is 8.64. The van der Waals surface area contributed by atoms with E-state index in [4.69, 9.17) is 5.73 Å². The minimum atomic E-state index is 0.0289. The molecule has 1 rings (SSSR count). The van der Waals surface area contributed by atoms with Gasteiger partial charge in [0.25, 0.3) is 0 Å². The van der Waals surface area contributed by atoms with Crippen molar-refractivity contribution in [3.05, 3.63) is 0 Å². The van der Waals surface area contributed by atoms with Crippen LogP contribution in [0.15, 0.2) is 0 Å². The van der Waals surface area contributed by atoms with Crippen molar-refractivity contribution in [1.29, 1.82) is 0 Å². The van der Waals surface area contributed by atoms with Gasteiger partial charge in [-0.2, -0.15) is 0 Å². The molecule has 1 aliphatic heterocycles. The summed E-state index contributed by atoms with van der Waals surface area (Å²) in [5.74, 6) is 0.901. The van der Waals surface area contributed by atoms with Gasteiger partial charge >= 0.3 is 0 Å². The summed E-state index contributed by atoms with van der Waals surface area (Å²) in [4.78, 5) is 2.41. The van der Waals surface area contributed by atoms with Gasteiger partial charge in [0.1, 0.15) is 0 Å². The Kier molecular flexibility index (Phi) is 3.13. The van der Waals surface area contributed by atoms with Crippen LogP contribution in [-0.2, 0) is 0 Å². The van der Waals surface area contributed by atoms with Crippen molar-refractivity contribution >= 4 is 0 Å². The third-order valence-electron chi connectivity index (χ3n) is 2.69. The van der Waals surface area contributed by atoms with Crippen LogP contribution in [0, 0.1) is 5.92 Å². The quantitative estimate of drug-likeness (QED) is 0.694. The van der Waals surface area contributed by atoms with Crippen molar-refractivity contribution in [3.8, 4) is 0 Å². The van der Waals surface area contributed by atoms with Crippen molar-refractivity contribution in [3.63, 3.8) is 0 Å². The molecule has 1 aliphatic rings. The second kappa shape index (κ2) is 3.75. The summed E-state index contributed by atoms with van der Waals surface area (Å²) in [6.45, 7) is 6.78. The highest BCUT2D eigenvalue weighted by molar-refractivity contribution is 4.78. The molecule has 2 nitrogen and oxygen atoms in total. The molecule has 12 heavy (non-hydrogen) atoms. The first-order chi connectivity index (χ1) is 5.47. The molecular formula is C10H22N2. The highest BCUT2D eigenvalue weighted by Gasteiger charge is 2.21. The average molecular weight is 170 g/mol.